The lowest BCUT2D eigenvalue weighted by molar-refractivity contribution is -0.120. The molecule has 0 aliphatic carbocycles. The Morgan fingerprint density at radius 3 is 2.95 bits per heavy atom. The zero-order valence-corrected chi connectivity index (χ0v) is 12.4. The van der Waals surface area contributed by atoms with Gasteiger partial charge in [-0.05, 0) is 38.1 Å². The number of hydrogen-bond acceptors (Lipinski definition) is 4. The second-order valence-corrected chi connectivity index (χ2v) is 6.04. The predicted molar refractivity (Wildman–Crippen MR) is 82.8 cm³/mol. The Balaban J connectivity index is 1.98. The van der Waals surface area contributed by atoms with Crippen molar-refractivity contribution in [2.45, 2.75) is 23.1 Å². The lowest BCUT2D eigenvalue weighted by atomic mass is 10.3. The summed E-state index contributed by atoms with van der Waals surface area (Å²) in [4.78, 5) is 18.9. The number of hydrogen-bond donors (Lipinski definition) is 1. The van der Waals surface area contributed by atoms with Crippen molar-refractivity contribution in [1.29, 1.82) is 0 Å². The van der Waals surface area contributed by atoms with Gasteiger partial charge in [0.25, 0.3) is 0 Å². The molecule has 1 fully saturated rings. The van der Waals surface area contributed by atoms with Crippen LogP contribution in [0.2, 0.25) is 0 Å². The molecule has 0 bridgehead atoms. The van der Waals surface area contributed by atoms with E-state index in [0.29, 0.717) is 6.54 Å². The molecule has 0 radical (unpaired) electrons. The van der Waals surface area contributed by atoms with Crippen LogP contribution in [0.25, 0.3) is 0 Å². The van der Waals surface area contributed by atoms with E-state index in [0.717, 1.165) is 24.7 Å². The summed E-state index contributed by atoms with van der Waals surface area (Å²) in [6.07, 6.45) is 5.93. The Hall–Kier alpha value is -1.33. The maximum absolute atomic E-state index is 12.3. The van der Waals surface area contributed by atoms with Gasteiger partial charge in [-0.3, -0.25) is 4.79 Å². The van der Waals surface area contributed by atoms with Crippen LogP contribution in [0.4, 0.5) is 0 Å². The molecule has 5 heteroatoms. The first-order valence-electron chi connectivity index (χ1n) is 6.98. The van der Waals surface area contributed by atoms with Crippen LogP contribution in [0, 0.1) is 0 Å². The Morgan fingerprint density at radius 1 is 1.50 bits per heavy atom. The van der Waals surface area contributed by atoms with Crippen LogP contribution in [0.15, 0.2) is 42.1 Å². The summed E-state index contributed by atoms with van der Waals surface area (Å²) < 4.78 is 0. The lowest BCUT2D eigenvalue weighted by Crippen LogP contribution is -2.40. The molecule has 2 heterocycles. The van der Waals surface area contributed by atoms with E-state index in [2.05, 4.69) is 21.8 Å². The number of carbonyl (C=O) groups is 1. The van der Waals surface area contributed by atoms with E-state index in [4.69, 9.17) is 0 Å². The van der Waals surface area contributed by atoms with Gasteiger partial charge in [-0.25, -0.2) is 4.98 Å². The van der Waals surface area contributed by atoms with Crippen molar-refractivity contribution in [1.82, 2.24) is 15.2 Å². The van der Waals surface area contributed by atoms with Crippen LogP contribution in [-0.4, -0.2) is 47.2 Å². The van der Waals surface area contributed by atoms with Gasteiger partial charge in [-0.2, -0.15) is 0 Å². The van der Waals surface area contributed by atoms with E-state index < -0.39 is 0 Å². The first kappa shape index (κ1) is 15.1. The molecule has 1 aliphatic heterocycles. The number of likely N-dealkylation sites (tertiary alicyclic amines) is 1. The standard InChI is InChI=1S/C15H21N3OS/c1-2-8-17-15(19)13(12-18-10-5-6-11-18)20-14-7-3-4-9-16-14/h2-4,7,9,13H,1,5-6,8,10-12H2,(H,17,19). The highest BCUT2D eigenvalue weighted by Crippen LogP contribution is 2.23. The summed E-state index contributed by atoms with van der Waals surface area (Å²) in [7, 11) is 0. The van der Waals surface area contributed by atoms with Gasteiger partial charge in [0.05, 0.1) is 5.03 Å². The third-order valence-electron chi connectivity index (χ3n) is 3.24. The molecule has 0 saturated carbocycles. The number of pyridine rings is 1. The smallest absolute Gasteiger partial charge is 0.235 e. The highest BCUT2D eigenvalue weighted by atomic mass is 32.2. The largest absolute Gasteiger partial charge is 0.352 e. The van der Waals surface area contributed by atoms with Crippen LogP contribution in [0.3, 0.4) is 0 Å². The van der Waals surface area contributed by atoms with E-state index >= 15 is 0 Å². The molecule has 1 aromatic rings. The van der Waals surface area contributed by atoms with E-state index in [9.17, 15) is 4.79 Å². The fraction of sp³-hybridized carbons (Fsp3) is 0.467. The van der Waals surface area contributed by atoms with Crippen molar-refractivity contribution in [2.24, 2.45) is 0 Å². The second kappa shape index (κ2) is 8.07. The maximum atomic E-state index is 12.3. The normalized spacial score (nSPS) is 16.8. The summed E-state index contributed by atoms with van der Waals surface area (Å²) in [6, 6.07) is 5.78. The SMILES string of the molecule is C=CCNC(=O)C(CN1CCCC1)Sc1ccccn1. The Kier molecular flexibility index (Phi) is 6.08. The fourth-order valence-electron chi connectivity index (χ4n) is 2.22. The third-order valence-corrected chi connectivity index (χ3v) is 4.37. The summed E-state index contributed by atoms with van der Waals surface area (Å²) >= 11 is 1.53. The maximum Gasteiger partial charge on any atom is 0.235 e. The van der Waals surface area contributed by atoms with Crippen LogP contribution < -0.4 is 5.32 Å². The molecule has 1 atom stereocenters. The molecule has 108 valence electrons. The topological polar surface area (TPSA) is 45.2 Å². The van der Waals surface area contributed by atoms with E-state index in [-0.39, 0.29) is 11.2 Å². The summed E-state index contributed by atoms with van der Waals surface area (Å²) in [5.74, 6) is 0.0625. The molecule has 1 saturated heterocycles. The van der Waals surface area contributed by atoms with Crippen molar-refractivity contribution < 1.29 is 4.79 Å². The quantitative estimate of drug-likeness (QED) is 0.616. The van der Waals surface area contributed by atoms with Gasteiger partial charge in [0.15, 0.2) is 0 Å². The van der Waals surface area contributed by atoms with E-state index in [1.54, 1.807) is 12.3 Å². The van der Waals surface area contributed by atoms with Crippen LogP contribution in [0.1, 0.15) is 12.8 Å². The van der Waals surface area contributed by atoms with Gasteiger partial charge >= 0.3 is 0 Å². The molecule has 2 rings (SSSR count). The van der Waals surface area contributed by atoms with E-state index in [1.165, 1.54) is 24.6 Å². The van der Waals surface area contributed by atoms with Gasteiger partial charge in [-0.15, -0.1) is 6.58 Å². The van der Waals surface area contributed by atoms with Crippen LogP contribution in [0.5, 0.6) is 0 Å². The zero-order valence-electron chi connectivity index (χ0n) is 11.6. The van der Waals surface area contributed by atoms with Crippen LogP contribution in [-0.2, 0) is 4.79 Å². The molecule has 0 spiro atoms. The minimum absolute atomic E-state index is 0.0625. The Labute approximate surface area is 124 Å². The Bertz CT molecular complexity index is 432. The first-order chi connectivity index (χ1) is 9.79. The molecule has 1 unspecified atom stereocenters. The molecule has 1 N–H and O–H groups in total. The zero-order chi connectivity index (χ0) is 14.2. The molecular weight excluding hydrogens is 270 g/mol. The fourth-order valence-corrected chi connectivity index (χ4v) is 3.27. The monoisotopic (exact) mass is 291 g/mol. The number of thioether (sulfide) groups is 1. The summed E-state index contributed by atoms with van der Waals surface area (Å²) in [6.45, 7) is 7.11. The van der Waals surface area contributed by atoms with Crippen molar-refractivity contribution in [2.75, 3.05) is 26.2 Å². The van der Waals surface area contributed by atoms with Gasteiger partial charge in [-0.1, -0.05) is 23.9 Å². The van der Waals surface area contributed by atoms with Gasteiger partial charge < -0.3 is 10.2 Å². The molecule has 0 aromatic carbocycles. The average molecular weight is 291 g/mol. The molecular formula is C15H21N3OS. The van der Waals surface area contributed by atoms with Crippen molar-refractivity contribution >= 4 is 17.7 Å². The van der Waals surface area contributed by atoms with E-state index in [1.807, 2.05) is 18.2 Å². The van der Waals surface area contributed by atoms with Crippen molar-refractivity contribution in [3.8, 4) is 0 Å². The highest BCUT2D eigenvalue weighted by Gasteiger charge is 2.24. The summed E-state index contributed by atoms with van der Waals surface area (Å²) in [5.41, 5.74) is 0. The van der Waals surface area contributed by atoms with Gasteiger partial charge in [0.1, 0.15) is 5.25 Å². The number of nitrogens with zero attached hydrogens (tertiary/aromatic N) is 2. The number of aromatic nitrogens is 1. The molecule has 20 heavy (non-hydrogen) atoms. The minimum Gasteiger partial charge on any atom is -0.352 e. The minimum atomic E-state index is -0.122. The molecule has 1 aromatic heterocycles. The van der Waals surface area contributed by atoms with Crippen molar-refractivity contribution in [3.05, 3.63) is 37.1 Å². The predicted octanol–water partition coefficient (Wildman–Crippen LogP) is 1.94. The average Bonchev–Trinajstić information content (AvgIpc) is 2.98. The number of carbonyl (C=O) groups excluding carboxylic acids is 1. The number of rotatable bonds is 7. The Morgan fingerprint density at radius 2 is 2.30 bits per heavy atom. The number of nitrogens with one attached hydrogen (secondary N) is 1. The van der Waals surface area contributed by atoms with Crippen molar-refractivity contribution in [3.63, 3.8) is 0 Å². The second-order valence-electron chi connectivity index (χ2n) is 4.82. The van der Waals surface area contributed by atoms with Gasteiger partial charge in [0.2, 0.25) is 5.91 Å². The number of amides is 1. The van der Waals surface area contributed by atoms with Gasteiger partial charge in [0, 0.05) is 19.3 Å². The highest BCUT2D eigenvalue weighted by molar-refractivity contribution is 8.00. The molecule has 1 amide bonds. The molecule has 4 nitrogen and oxygen atoms in total. The molecule has 1 aliphatic rings. The lowest BCUT2D eigenvalue weighted by Gasteiger charge is -2.22. The first-order valence-corrected chi connectivity index (χ1v) is 7.86. The summed E-state index contributed by atoms with van der Waals surface area (Å²) in [5, 5.41) is 3.67. The van der Waals surface area contributed by atoms with Crippen LogP contribution >= 0.6 is 11.8 Å². The third kappa shape index (κ3) is 4.65.